The van der Waals surface area contributed by atoms with Gasteiger partial charge >= 0.3 is 0 Å². The fourth-order valence-corrected chi connectivity index (χ4v) is 4.07. The van der Waals surface area contributed by atoms with Crippen molar-refractivity contribution in [2.45, 2.75) is 12.1 Å². The number of amides is 1. The summed E-state index contributed by atoms with van der Waals surface area (Å²) in [7, 11) is 1.62. The topological polar surface area (TPSA) is 111 Å². The van der Waals surface area contributed by atoms with Crippen molar-refractivity contribution in [1.82, 2.24) is 20.2 Å². The first-order valence-electron chi connectivity index (χ1n) is 11.1. The van der Waals surface area contributed by atoms with E-state index in [4.69, 9.17) is 9.47 Å². The van der Waals surface area contributed by atoms with Gasteiger partial charge in [-0.1, -0.05) is 42.1 Å². The summed E-state index contributed by atoms with van der Waals surface area (Å²) in [5.41, 5.74) is 4.94. The molecule has 36 heavy (non-hydrogen) atoms. The minimum absolute atomic E-state index is 0.0466. The van der Waals surface area contributed by atoms with E-state index in [1.807, 2.05) is 66.1 Å². The number of ether oxygens (including phenoxy) is 2. The Morgan fingerprint density at radius 2 is 1.89 bits per heavy atom. The van der Waals surface area contributed by atoms with E-state index in [1.54, 1.807) is 19.2 Å². The molecule has 0 aliphatic rings. The van der Waals surface area contributed by atoms with Gasteiger partial charge in [-0.25, -0.2) is 5.43 Å². The molecule has 0 atom stereocenters. The SMILES string of the molecule is CCOc1cc(/C=N/NC(=O)CSc2nnc(-c3ccccc3)n2-c2ccc(OC)cc2)ccc1O. The van der Waals surface area contributed by atoms with Gasteiger partial charge in [0.15, 0.2) is 22.5 Å². The van der Waals surface area contributed by atoms with Crippen LogP contribution in [0.5, 0.6) is 17.2 Å². The molecule has 1 aromatic heterocycles. The standard InChI is InChI=1S/C26H25N5O4S/c1-3-35-23-15-18(9-14-22(23)32)16-27-28-24(33)17-36-26-30-29-25(19-7-5-4-6-8-19)31(26)20-10-12-21(34-2)13-11-20/h4-16,32H,3,17H2,1-2H3,(H,28,33)/b27-16+. The molecule has 0 saturated heterocycles. The van der Waals surface area contributed by atoms with E-state index < -0.39 is 0 Å². The Labute approximate surface area is 212 Å². The summed E-state index contributed by atoms with van der Waals surface area (Å²) < 4.78 is 12.5. The predicted octanol–water partition coefficient (Wildman–Crippen LogP) is 4.29. The third-order valence-corrected chi connectivity index (χ3v) is 5.94. The molecule has 9 nitrogen and oxygen atoms in total. The number of benzene rings is 3. The maximum absolute atomic E-state index is 12.5. The molecule has 4 aromatic rings. The monoisotopic (exact) mass is 503 g/mol. The van der Waals surface area contributed by atoms with Crippen LogP contribution in [0, 0.1) is 0 Å². The number of aromatic nitrogens is 3. The fourth-order valence-electron chi connectivity index (χ4n) is 3.32. The Balaban J connectivity index is 1.47. The number of hydrazone groups is 1. The number of methoxy groups -OCH3 is 1. The van der Waals surface area contributed by atoms with Crippen molar-refractivity contribution in [3.63, 3.8) is 0 Å². The minimum atomic E-state index is -0.300. The largest absolute Gasteiger partial charge is 0.504 e. The average Bonchev–Trinajstić information content (AvgIpc) is 3.34. The van der Waals surface area contributed by atoms with Crippen molar-refractivity contribution < 1.29 is 19.4 Å². The summed E-state index contributed by atoms with van der Waals surface area (Å²) in [6, 6.07) is 22.1. The predicted molar refractivity (Wildman–Crippen MR) is 139 cm³/mol. The Hall–Kier alpha value is -4.31. The van der Waals surface area contributed by atoms with E-state index in [1.165, 1.54) is 24.0 Å². The zero-order chi connectivity index (χ0) is 25.3. The van der Waals surface area contributed by atoms with Gasteiger partial charge in [0, 0.05) is 11.3 Å². The van der Waals surface area contributed by atoms with Crippen LogP contribution in [0.3, 0.4) is 0 Å². The molecule has 184 valence electrons. The number of hydrogen-bond acceptors (Lipinski definition) is 8. The Morgan fingerprint density at radius 1 is 1.11 bits per heavy atom. The maximum atomic E-state index is 12.5. The van der Waals surface area contributed by atoms with Crippen LogP contribution < -0.4 is 14.9 Å². The third-order valence-electron chi connectivity index (χ3n) is 5.01. The summed E-state index contributed by atoms with van der Waals surface area (Å²) in [6.07, 6.45) is 1.48. The Morgan fingerprint density at radius 3 is 2.61 bits per heavy atom. The minimum Gasteiger partial charge on any atom is -0.504 e. The number of carbonyl (C=O) groups is 1. The molecule has 1 heterocycles. The van der Waals surface area contributed by atoms with Gasteiger partial charge in [-0.05, 0) is 55.0 Å². The molecular formula is C26H25N5O4S. The fraction of sp³-hybridized carbons (Fsp3) is 0.154. The lowest BCUT2D eigenvalue weighted by Crippen LogP contribution is -2.20. The molecule has 0 unspecified atom stereocenters. The molecule has 0 fully saturated rings. The number of rotatable bonds is 10. The molecule has 0 aliphatic heterocycles. The molecule has 10 heteroatoms. The van der Waals surface area contributed by atoms with Crippen LogP contribution in [0.25, 0.3) is 17.1 Å². The van der Waals surface area contributed by atoms with Crippen molar-refractivity contribution in [1.29, 1.82) is 0 Å². The number of aromatic hydroxyl groups is 1. The van der Waals surface area contributed by atoms with E-state index in [9.17, 15) is 9.90 Å². The summed E-state index contributed by atoms with van der Waals surface area (Å²) in [4.78, 5) is 12.5. The summed E-state index contributed by atoms with van der Waals surface area (Å²) >= 11 is 1.25. The number of phenolic OH excluding ortho intramolecular Hbond substituents is 1. The zero-order valence-electron chi connectivity index (χ0n) is 19.8. The van der Waals surface area contributed by atoms with Gasteiger partial charge in [-0.15, -0.1) is 10.2 Å². The average molecular weight is 504 g/mol. The van der Waals surface area contributed by atoms with Gasteiger partial charge < -0.3 is 14.6 Å². The first-order valence-corrected chi connectivity index (χ1v) is 12.1. The van der Waals surface area contributed by atoms with Gasteiger partial charge in [0.05, 0.1) is 25.7 Å². The van der Waals surface area contributed by atoms with E-state index in [-0.39, 0.29) is 17.4 Å². The van der Waals surface area contributed by atoms with Gasteiger partial charge in [0.25, 0.3) is 5.91 Å². The first-order chi connectivity index (χ1) is 17.6. The van der Waals surface area contributed by atoms with Gasteiger partial charge in [-0.3, -0.25) is 9.36 Å². The van der Waals surface area contributed by atoms with Gasteiger partial charge in [0.1, 0.15) is 5.75 Å². The quantitative estimate of drug-likeness (QED) is 0.189. The smallest absolute Gasteiger partial charge is 0.250 e. The van der Waals surface area contributed by atoms with Crippen molar-refractivity contribution in [3.8, 4) is 34.3 Å². The van der Waals surface area contributed by atoms with Crippen LogP contribution in [-0.4, -0.2) is 51.5 Å². The lowest BCUT2D eigenvalue weighted by atomic mass is 10.2. The van der Waals surface area contributed by atoms with Crippen LogP contribution in [0.4, 0.5) is 0 Å². The van der Waals surface area contributed by atoms with Crippen LogP contribution >= 0.6 is 11.8 Å². The van der Waals surface area contributed by atoms with Gasteiger partial charge in [-0.2, -0.15) is 5.10 Å². The lowest BCUT2D eigenvalue weighted by Gasteiger charge is -2.11. The maximum Gasteiger partial charge on any atom is 0.250 e. The van der Waals surface area contributed by atoms with Crippen molar-refractivity contribution in [2.24, 2.45) is 5.10 Å². The molecule has 0 spiro atoms. The highest BCUT2D eigenvalue weighted by Gasteiger charge is 2.17. The number of hydrogen-bond donors (Lipinski definition) is 2. The molecule has 0 radical (unpaired) electrons. The summed E-state index contributed by atoms with van der Waals surface area (Å²) in [5.74, 6) is 1.59. The molecule has 2 N–H and O–H groups in total. The Kier molecular flexibility index (Phi) is 8.20. The van der Waals surface area contributed by atoms with Crippen LogP contribution in [0.15, 0.2) is 83.1 Å². The summed E-state index contributed by atoms with van der Waals surface area (Å²) in [5, 5.41) is 23.1. The summed E-state index contributed by atoms with van der Waals surface area (Å²) in [6.45, 7) is 2.26. The number of phenols is 1. The molecule has 0 aliphatic carbocycles. The second kappa shape index (κ2) is 11.9. The number of nitrogens with zero attached hydrogens (tertiary/aromatic N) is 4. The molecule has 4 rings (SSSR count). The van der Waals surface area contributed by atoms with Crippen molar-refractivity contribution >= 4 is 23.9 Å². The van der Waals surface area contributed by atoms with Crippen molar-refractivity contribution in [3.05, 3.63) is 78.4 Å². The van der Waals surface area contributed by atoms with E-state index in [0.717, 1.165) is 17.0 Å². The third kappa shape index (κ3) is 6.02. The molecule has 0 bridgehead atoms. The molecule has 0 saturated carbocycles. The molecule has 3 aromatic carbocycles. The van der Waals surface area contributed by atoms with Crippen molar-refractivity contribution in [2.75, 3.05) is 19.5 Å². The Bertz CT molecular complexity index is 1340. The lowest BCUT2D eigenvalue weighted by molar-refractivity contribution is -0.118. The number of thioether (sulfide) groups is 1. The van der Waals surface area contributed by atoms with Gasteiger partial charge in [0.2, 0.25) is 0 Å². The second-order valence-corrected chi connectivity index (χ2v) is 8.39. The number of nitrogens with one attached hydrogen (secondary N) is 1. The molecular weight excluding hydrogens is 478 g/mol. The van der Waals surface area contributed by atoms with E-state index >= 15 is 0 Å². The van der Waals surface area contributed by atoms with Crippen LogP contribution in [0.2, 0.25) is 0 Å². The first kappa shape index (κ1) is 24.8. The highest BCUT2D eigenvalue weighted by molar-refractivity contribution is 7.99. The van der Waals surface area contributed by atoms with Crippen LogP contribution in [0.1, 0.15) is 12.5 Å². The zero-order valence-corrected chi connectivity index (χ0v) is 20.6. The number of carbonyl (C=O) groups excluding carboxylic acids is 1. The second-order valence-electron chi connectivity index (χ2n) is 7.45. The van der Waals surface area contributed by atoms with Crippen LogP contribution in [-0.2, 0) is 4.79 Å². The van der Waals surface area contributed by atoms with E-state index in [2.05, 4.69) is 20.7 Å². The molecule has 1 amide bonds. The normalized spacial score (nSPS) is 10.9. The highest BCUT2D eigenvalue weighted by Crippen LogP contribution is 2.29. The highest BCUT2D eigenvalue weighted by atomic mass is 32.2. The van der Waals surface area contributed by atoms with E-state index in [0.29, 0.717) is 28.9 Å².